The van der Waals surface area contributed by atoms with E-state index in [-0.39, 0.29) is 11.6 Å². The van der Waals surface area contributed by atoms with Crippen LogP contribution in [0.4, 0.5) is 17.3 Å². The second-order valence-electron chi connectivity index (χ2n) is 7.08. The van der Waals surface area contributed by atoms with Gasteiger partial charge in [-0.05, 0) is 39.0 Å². The van der Waals surface area contributed by atoms with E-state index in [0.29, 0.717) is 30.2 Å². The molecular formula is C19H24N6O2. The molecule has 1 aromatic carbocycles. The Morgan fingerprint density at radius 1 is 1.19 bits per heavy atom. The molecule has 3 aromatic rings. The van der Waals surface area contributed by atoms with Crippen molar-refractivity contribution < 1.29 is 4.74 Å². The van der Waals surface area contributed by atoms with Crippen molar-refractivity contribution in [2.45, 2.75) is 26.8 Å². The molecule has 0 aliphatic carbocycles. The number of hydrogen-bond acceptors (Lipinski definition) is 6. The molecule has 1 aliphatic heterocycles. The number of aromatic amines is 1. The quantitative estimate of drug-likeness (QED) is 0.736. The fourth-order valence-electron chi connectivity index (χ4n) is 3.31. The smallest absolute Gasteiger partial charge is 0.275 e. The highest BCUT2D eigenvalue weighted by Gasteiger charge is 2.17. The molecule has 8 nitrogen and oxygen atoms in total. The van der Waals surface area contributed by atoms with Crippen molar-refractivity contribution in [3.8, 4) is 0 Å². The van der Waals surface area contributed by atoms with E-state index in [0.717, 1.165) is 29.9 Å². The Kier molecular flexibility index (Phi) is 4.57. The van der Waals surface area contributed by atoms with Crippen LogP contribution in [-0.2, 0) is 4.74 Å². The van der Waals surface area contributed by atoms with Gasteiger partial charge in [0.1, 0.15) is 0 Å². The van der Waals surface area contributed by atoms with Crippen LogP contribution in [0, 0.1) is 6.92 Å². The zero-order valence-corrected chi connectivity index (χ0v) is 15.8. The predicted molar refractivity (Wildman–Crippen MR) is 106 cm³/mol. The van der Waals surface area contributed by atoms with Crippen LogP contribution in [0.5, 0.6) is 0 Å². The zero-order chi connectivity index (χ0) is 19.0. The highest BCUT2D eigenvalue weighted by atomic mass is 16.5. The summed E-state index contributed by atoms with van der Waals surface area (Å²) >= 11 is 0. The number of nitrogens with one attached hydrogen (secondary N) is 2. The summed E-state index contributed by atoms with van der Waals surface area (Å²) in [7, 11) is 0. The number of aromatic nitrogens is 4. The molecule has 0 bridgehead atoms. The summed E-state index contributed by atoms with van der Waals surface area (Å²) in [6.45, 7) is 8.90. The molecule has 1 fully saturated rings. The first-order chi connectivity index (χ1) is 13.0. The third-order valence-corrected chi connectivity index (χ3v) is 4.72. The third kappa shape index (κ3) is 3.40. The number of anilines is 3. The summed E-state index contributed by atoms with van der Waals surface area (Å²) < 4.78 is 6.95. The minimum atomic E-state index is -0.0844. The van der Waals surface area contributed by atoms with Crippen LogP contribution in [0.2, 0.25) is 0 Å². The number of rotatable bonds is 4. The van der Waals surface area contributed by atoms with Crippen molar-refractivity contribution in [2.24, 2.45) is 0 Å². The first-order valence-electron chi connectivity index (χ1n) is 9.21. The second kappa shape index (κ2) is 7.03. The van der Waals surface area contributed by atoms with Gasteiger partial charge in [-0.2, -0.15) is 10.2 Å². The number of hydrogen-bond donors (Lipinski definition) is 2. The molecule has 2 N–H and O–H groups in total. The van der Waals surface area contributed by atoms with Gasteiger partial charge in [0.15, 0.2) is 11.6 Å². The predicted octanol–water partition coefficient (Wildman–Crippen LogP) is 2.59. The van der Waals surface area contributed by atoms with E-state index in [1.165, 1.54) is 4.68 Å². The summed E-state index contributed by atoms with van der Waals surface area (Å²) in [6.07, 6.45) is 0. The molecule has 0 amide bonds. The summed E-state index contributed by atoms with van der Waals surface area (Å²) in [5.74, 6) is 1.30. The summed E-state index contributed by atoms with van der Waals surface area (Å²) in [5.41, 5.74) is 1.90. The van der Waals surface area contributed by atoms with Crippen LogP contribution < -0.4 is 15.8 Å². The molecule has 0 spiro atoms. The zero-order valence-electron chi connectivity index (χ0n) is 15.8. The van der Waals surface area contributed by atoms with Crippen molar-refractivity contribution in [3.05, 3.63) is 40.3 Å². The molecule has 2 aromatic heterocycles. The number of ether oxygens (including phenoxy) is 1. The number of aryl methyl sites for hydroxylation is 1. The fourth-order valence-corrected chi connectivity index (χ4v) is 3.31. The lowest BCUT2D eigenvalue weighted by molar-refractivity contribution is 0.122. The Labute approximate surface area is 157 Å². The van der Waals surface area contributed by atoms with Gasteiger partial charge in [0.05, 0.1) is 24.6 Å². The maximum absolute atomic E-state index is 13.0. The van der Waals surface area contributed by atoms with Gasteiger partial charge in [-0.25, -0.2) is 4.68 Å². The van der Waals surface area contributed by atoms with Gasteiger partial charge in [-0.1, -0.05) is 0 Å². The Balaban J connectivity index is 1.84. The summed E-state index contributed by atoms with van der Waals surface area (Å²) in [4.78, 5) is 15.3. The normalized spacial score (nSPS) is 14.9. The van der Waals surface area contributed by atoms with Crippen molar-refractivity contribution in [2.75, 3.05) is 36.5 Å². The molecule has 8 heteroatoms. The van der Waals surface area contributed by atoms with Gasteiger partial charge in [-0.3, -0.25) is 9.89 Å². The van der Waals surface area contributed by atoms with E-state index in [2.05, 4.69) is 25.5 Å². The lowest BCUT2D eigenvalue weighted by Crippen LogP contribution is -2.36. The van der Waals surface area contributed by atoms with Crippen LogP contribution in [0.1, 0.15) is 25.6 Å². The van der Waals surface area contributed by atoms with E-state index < -0.39 is 0 Å². The first kappa shape index (κ1) is 17.5. The van der Waals surface area contributed by atoms with Gasteiger partial charge >= 0.3 is 0 Å². The third-order valence-electron chi connectivity index (χ3n) is 4.72. The maximum atomic E-state index is 13.0. The number of fused-ring (bicyclic) bond motifs is 1. The molecular weight excluding hydrogens is 344 g/mol. The molecule has 0 radical (unpaired) electrons. The number of morpholine rings is 1. The Hall–Kier alpha value is -2.87. The van der Waals surface area contributed by atoms with Gasteiger partial charge in [0.2, 0.25) is 0 Å². The lowest BCUT2D eigenvalue weighted by atomic mass is 10.1. The Morgan fingerprint density at radius 3 is 2.63 bits per heavy atom. The average Bonchev–Trinajstić information content (AvgIpc) is 3.09. The molecule has 0 atom stereocenters. The molecule has 0 unspecified atom stereocenters. The Morgan fingerprint density at radius 2 is 1.96 bits per heavy atom. The van der Waals surface area contributed by atoms with Crippen LogP contribution in [0.3, 0.4) is 0 Å². The second-order valence-corrected chi connectivity index (χ2v) is 7.08. The Bertz CT molecular complexity index is 1020. The summed E-state index contributed by atoms with van der Waals surface area (Å²) in [6, 6.07) is 7.82. The first-order valence-corrected chi connectivity index (χ1v) is 9.21. The molecule has 4 rings (SSSR count). The molecule has 0 saturated carbocycles. The van der Waals surface area contributed by atoms with Crippen molar-refractivity contribution >= 4 is 28.1 Å². The largest absolute Gasteiger partial charge is 0.378 e. The van der Waals surface area contributed by atoms with E-state index in [1.807, 2.05) is 45.0 Å². The van der Waals surface area contributed by atoms with Crippen LogP contribution >= 0.6 is 0 Å². The highest BCUT2D eigenvalue weighted by molar-refractivity contribution is 5.94. The van der Waals surface area contributed by atoms with E-state index in [1.54, 1.807) is 0 Å². The van der Waals surface area contributed by atoms with Gasteiger partial charge < -0.3 is 15.0 Å². The van der Waals surface area contributed by atoms with E-state index >= 15 is 0 Å². The monoisotopic (exact) mass is 368 g/mol. The van der Waals surface area contributed by atoms with Gasteiger partial charge in [0.25, 0.3) is 5.56 Å². The molecule has 142 valence electrons. The molecule has 3 heterocycles. The van der Waals surface area contributed by atoms with E-state index in [9.17, 15) is 4.79 Å². The molecule has 1 saturated heterocycles. The standard InChI is InChI=1S/C19H24N6O2/c1-12(2)25-19(26)16-11-14(24-6-8-27-9-7-24)4-5-15(16)18(23-25)20-17-10-13(3)21-22-17/h4-5,10-12H,6-9H2,1-3H3,(H2,20,21,22,23). The van der Waals surface area contributed by atoms with Crippen LogP contribution in [-0.4, -0.2) is 46.3 Å². The van der Waals surface area contributed by atoms with Crippen LogP contribution in [0.15, 0.2) is 29.1 Å². The molecule has 27 heavy (non-hydrogen) atoms. The van der Waals surface area contributed by atoms with Crippen molar-refractivity contribution in [1.82, 2.24) is 20.0 Å². The number of nitrogens with zero attached hydrogens (tertiary/aromatic N) is 4. The lowest BCUT2D eigenvalue weighted by Gasteiger charge is -2.29. The SMILES string of the molecule is Cc1cc(Nc2nn(C(C)C)c(=O)c3cc(N4CCOCC4)ccc23)n[nH]1. The number of H-pyrrole nitrogens is 1. The number of benzene rings is 1. The topological polar surface area (TPSA) is 88.1 Å². The van der Waals surface area contributed by atoms with Crippen LogP contribution in [0.25, 0.3) is 10.8 Å². The highest BCUT2D eigenvalue weighted by Crippen LogP contribution is 2.27. The van der Waals surface area contributed by atoms with E-state index in [4.69, 9.17) is 4.74 Å². The summed E-state index contributed by atoms with van der Waals surface area (Å²) in [5, 5.41) is 16.4. The van der Waals surface area contributed by atoms with Gasteiger partial charge in [-0.15, -0.1) is 0 Å². The minimum Gasteiger partial charge on any atom is -0.378 e. The fraction of sp³-hybridized carbons (Fsp3) is 0.421. The van der Waals surface area contributed by atoms with Crippen molar-refractivity contribution in [3.63, 3.8) is 0 Å². The van der Waals surface area contributed by atoms with Crippen molar-refractivity contribution in [1.29, 1.82) is 0 Å². The minimum absolute atomic E-state index is 0.0459. The average molecular weight is 368 g/mol. The molecule has 1 aliphatic rings. The maximum Gasteiger partial charge on any atom is 0.275 e. The van der Waals surface area contributed by atoms with Gasteiger partial charge in [0, 0.05) is 35.9 Å².